The molecule has 0 unspecified atom stereocenters. The van der Waals surface area contributed by atoms with Crippen molar-refractivity contribution in [1.82, 2.24) is 0 Å². The van der Waals surface area contributed by atoms with E-state index in [0.29, 0.717) is 0 Å². The Morgan fingerprint density at radius 1 is 1.80 bits per heavy atom. The van der Waals surface area contributed by atoms with Crippen molar-refractivity contribution in [1.29, 1.82) is 5.26 Å². The summed E-state index contributed by atoms with van der Waals surface area (Å²) in [5, 5.41) is 7.32. The van der Waals surface area contributed by atoms with Gasteiger partial charge in [-0.1, -0.05) is 6.08 Å². The van der Waals surface area contributed by atoms with E-state index in [2.05, 4.69) is 6.58 Å². The van der Waals surface area contributed by atoms with E-state index >= 15 is 0 Å². The third kappa shape index (κ3) is 25.1. The number of hydrogen-bond donors (Lipinski definition) is 1. The second kappa shape index (κ2) is 6.85. The molecule has 0 aromatic heterocycles. The van der Waals surface area contributed by atoms with Crippen LogP contribution in [0, 0.1) is 10.0 Å². The predicted octanol–water partition coefficient (Wildman–Crippen LogP) is -0.304. The van der Waals surface area contributed by atoms with Crippen LogP contribution in [0.3, 0.4) is 0 Å². The minimum atomic E-state index is -3.79. The Morgan fingerprint density at radius 2 is 2.10 bits per heavy atom. The summed E-state index contributed by atoms with van der Waals surface area (Å²) < 4.78 is 29.1. The van der Waals surface area contributed by atoms with Gasteiger partial charge < -0.3 is 0 Å². The SMILES string of the molecule is C=CCS(=O)(=O)O.[Li][C]#N. The van der Waals surface area contributed by atoms with Gasteiger partial charge in [0.05, 0.1) is 5.75 Å². The van der Waals surface area contributed by atoms with Gasteiger partial charge in [-0.3, -0.25) is 4.55 Å². The van der Waals surface area contributed by atoms with E-state index in [4.69, 9.17) is 9.81 Å². The molecule has 0 aromatic carbocycles. The average Bonchev–Trinajstić information content (AvgIpc) is 1.63. The van der Waals surface area contributed by atoms with Crippen molar-refractivity contribution in [3.8, 4) is 4.74 Å². The summed E-state index contributed by atoms with van der Waals surface area (Å²) in [6.07, 6.45) is 1.12. The summed E-state index contributed by atoms with van der Waals surface area (Å²) in [7, 11) is -3.79. The molecule has 6 heteroatoms. The van der Waals surface area contributed by atoms with Crippen molar-refractivity contribution in [3.05, 3.63) is 12.7 Å². The molecule has 4 nitrogen and oxygen atoms in total. The Labute approximate surface area is 69.5 Å². The summed E-state index contributed by atoms with van der Waals surface area (Å²) in [4.78, 5) is 0. The molecule has 0 fully saturated rings. The fraction of sp³-hybridized carbons (Fsp3) is 0.250. The van der Waals surface area contributed by atoms with E-state index in [0.717, 1.165) is 6.08 Å². The molecule has 10 heavy (non-hydrogen) atoms. The van der Waals surface area contributed by atoms with Gasteiger partial charge in [0.1, 0.15) is 0 Å². The first-order valence-corrected chi connectivity index (χ1v) is 3.95. The molecule has 0 spiro atoms. The van der Waals surface area contributed by atoms with Gasteiger partial charge in [-0.15, -0.1) is 6.58 Å². The Bertz CT molecular complexity index is 215. The third-order valence-corrected chi connectivity index (χ3v) is 0.985. The molecule has 0 atom stereocenters. The zero-order chi connectivity index (χ0) is 8.62. The zero-order valence-electron chi connectivity index (χ0n) is 5.61. The van der Waals surface area contributed by atoms with Crippen LogP contribution >= 0.6 is 0 Å². The van der Waals surface area contributed by atoms with E-state index in [1.807, 2.05) is 0 Å². The van der Waals surface area contributed by atoms with Crippen LogP contribution in [0.2, 0.25) is 0 Å². The van der Waals surface area contributed by atoms with Crippen LogP contribution in [0.5, 0.6) is 0 Å². The van der Waals surface area contributed by atoms with Crippen LogP contribution in [0.15, 0.2) is 12.7 Å². The van der Waals surface area contributed by atoms with Crippen molar-refractivity contribution in [2.45, 2.75) is 0 Å². The third-order valence-electron chi connectivity index (χ3n) is 0.328. The van der Waals surface area contributed by atoms with Gasteiger partial charge in [-0.25, -0.2) is 0 Å². The molecule has 0 saturated carbocycles. The molecule has 52 valence electrons. The van der Waals surface area contributed by atoms with Gasteiger partial charge in [0.25, 0.3) is 10.1 Å². The van der Waals surface area contributed by atoms with Gasteiger partial charge in [-0.2, -0.15) is 8.42 Å². The molecule has 0 aliphatic carbocycles. The number of hydrogen-bond acceptors (Lipinski definition) is 3. The summed E-state index contributed by atoms with van der Waals surface area (Å²) in [5.41, 5.74) is 0. The van der Waals surface area contributed by atoms with E-state index in [1.165, 1.54) is 17.7 Å². The Balaban J connectivity index is 0. The van der Waals surface area contributed by atoms with Crippen LogP contribution in [0.25, 0.3) is 0 Å². The van der Waals surface area contributed by atoms with Gasteiger partial charge in [0.15, 0.2) is 0 Å². The molecule has 0 saturated heterocycles. The van der Waals surface area contributed by atoms with Gasteiger partial charge >= 0.3 is 27.7 Å². The fourth-order valence-corrected chi connectivity index (χ4v) is 0.447. The van der Waals surface area contributed by atoms with Crippen LogP contribution in [0.1, 0.15) is 0 Å². The summed E-state index contributed by atoms with van der Waals surface area (Å²) >= 11 is 1.43. The van der Waals surface area contributed by atoms with E-state index in [9.17, 15) is 8.42 Å². The molecule has 0 aliphatic heterocycles. The van der Waals surface area contributed by atoms with Gasteiger partial charge in [-0.05, 0) is 0 Å². The Kier molecular flexibility index (Phi) is 8.51. The molecule has 0 bridgehead atoms. The first-order chi connectivity index (χ1) is 4.47. The minimum absolute atomic E-state index is 0.368. The average molecular weight is 155 g/mol. The molecular weight excluding hydrogens is 149 g/mol. The molecule has 0 aliphatic rings. The fourth-order valence-electron chi connectivity index (χ4n) is 0.149. The number of nitriles is 1. The maximum atomic E-state index is 9.72. The monoisotopic (exact) mass is 155 g/mol. The molecule has 0 heterocycles. The Morgan fingerprint density at radius 3 is 2.10 bits per heavy atom. The number of rotatable bonds is 2. The van der Waals surface area contributed by atoms with E-state index in [1.54, 1.807) is 4.74 Å². The van der Waals surface area contributed by atoms with E-state index < -0.39 is 10.1 Å². The zero-order valence-corrected chi connectivity index (χ0v) is 6.43. The molecule has 0 radical (unpaired) electrons. The first-order valence-electron chi connectivity index (χ1n) is 2.34. The second-order valence-corrected chi connectivity index (χ2v) is 2.76. The van der Waals surface area contributed by atoms with Gasteiger partial charge in [0.2, 0.25) is 0 Å². The van der Waals surface area contributed by atoms with Crippen molar-refractivity contribution in [2.24, 2.45) is 0 Å². The number of nitrogens with zero attached hydrogens (tertiary/aromatic N) is 1. The van der Waals surface area contributed by atoms with Crippen LogP contribution in [-0.2, 0) is 10.1 Å². The summed E-state index contributed by atoms with van der Waals surface area (Å²) in [5.74, 6) is -0.368. The quantitative estimate of drug-likeness (QED) is 0.337. The molecule has 0 amide bonds. The molecule has 0 rings (SSSR count). The normalized spacial score (nSPS) is 8.60. The van der Waals surface area contributed by atoms with Crippen LogP contribution < -0.4 is 0 Å². The van der Waals surface area contributed by atoms with Crippen molar-refractivity contribution < 1.29 is 13.0 Å². The summed E-state index contributed by atoms with van der Waals surface area (Å²) in [6, 6.07) is 0. The standard InChI is InChI=1S/C3H6O3S.CN.Li/c1-2-3-7(4,5)6;1-2;/h2H,1,3H2,(H,4,5,6);;. The van der Waals surface area contributed by atoms with Crippen molar-refractivity contribution in [3.63, 3.8) is 0 Å². The van der Waals surface area contributed by atoms with Crippen molar-refractivity contribution in [2.75, 3.05) is 5.75 Å². The van der Waals surface area contributed by atoms with Crippen LogP contribution in [0.4, 0.5) is 0 Å². The molecule has 1 N–H and O–H groups in total. The first kappa shape index (κ1) is 12.4. The van der Waals surface area contributed by atoms with Gasteiger partial charge in [0, 0.05) is 0 Å². The molecular formula is C4H6LiNO3S. The topological polar surface area (TPSA) is 78.2 Å². The molecule has 0 aromatic rings. The van der Waals surface area contributed by atoms with Crippen molar-refractivity contribution >= 4 is 27.8 Å². The van der Waals surface area contributed by atoms with E-state index in [-0.39, 0.29) is 5.75 Å². The predicted molar refractivity (Wildman–Crippen MR) is 38.0 cm³/mol. The Hall–Kier alpha value is -0.263. The second-order valence-electron chi connectivity index (χ2n) is 1.26. The summed E-state index contributed by atoms with van der Waals surface area (Å²) in [6.45, 7) is 3.11. The van der Waals surface area contributed by atoms with Crippen LogP contribution in [-0.4, -0.2) is 36.4 Å². The maximum absolute atomic E-state index is 9.72.